The predicted octanol–water partition coefficient (Wildman–Crippen LogP) is 5.21. The molecule has 7 nitrogen and oxygen atoms in total. The molecule has 3 heterocycles. The van der Waals surface area contributed by atoms with Crippen LogP contribution in [0.25, 0.3) is 5.76 Å². The monoisotopic (exact) mass is 498 g/mol. The molecule has 3 aromatic rings. The lowest BCUT2D eigenvalue weighted by Crippen LogP contribution is -2.29. The van der Waals surface area contributed by atoms with E-state index in [0.29, 0.717) is 29.9 Å². The molecule has 1 saturated heterocycles. The number of hydrogen-bond donors (Lipinski definition) is 1. The van der Waals surface area contributed by atoms with Gasteiger partial charge in [-0.15, -0.1) is 0 Å². The van der Waals surface area contributed by atoms with Crippen molar-refractivity contribution in [2.24, 2.45) is 0 Å². The maximum Gasteiger partial charge on any atom is 0.295 e. The van der Waals surface area contributed by atoms with Gasteiger partial charge in [0.05, 0.1) is 18.2 Å². The fraction of sp³-hybridized carbons (Fsp3) is 0.300. The van der Waals surface area contributed by atoms with E-state index < -0.39 is 17.7 Å². The minimum Gasteiger partial charge on any atom is -0.507 e. The Labute approximate surface area is 216 Å². The largest absolute Gasteiger partial charge is 0.507 e. The number of aliphatic hydroxyl groups excluding tert-OH is 1. The molecule has 37 heavy (non-hydrogen) atoms. The number of amides is 1. The molecule has 190 valence electrons. The third-order valence-corrected chi connectivity index (χ3v) is 6.73. The normalized spacial score (nSPS) is 20.1. The first kappa shape index (κ1) is 24.6. The minimum absolute atomic E-state index is 0.0490. The second-order valence-corrected chi connectivity index (χ2v) is 9.52. The van der Waals surface area contributed by atoms with Crippen LogP contribution in [-0.4, -0.2) is 39.4 Å². The van der Waals surface area contributed by atoms with Crippen LogP contribution >= 0.6 is 0 Å². The number of ether oxygens (including phenoxy) is 2. The van der Waals surface area contributed by atoms with Gasteiger partial charge in [0.2, 0.25) is 0 Å². The van der Waals surface area contributed by atoms with Crippen molar-refractivity contribution in [3.8, 4) is 11.5 Å². The van der Waals surface area contributed by atoms with Crippen molar-refractivity contribution in [1.29, 1.82) is 0 Å². The summed E-state index contributed by atoms with van der Waals surface area (Å²) in [5, 5.41) is 11.5. The Balaban J connectivity index is 1.59. The molecule has 0 aliphatic carbocycles. The number of Topliss-reactive ketones (excluding diaryl/α,β-unsaturated/α-hetero) is 1. The highest BCUT2D eigenvalue weighted by Crippen LogP contribution is 2.42. The fourth-order valence-corrected chi connectivity index (χ4v) is 4.91. The highest BCUT2D eigenvalue weighted by atomic mass is 16.5. The lowest BCUT2D eigenvalue weighted by Gasteiger charge is -2.25. The maximum absolute atomic E-state index is 13.4. The lowest BCUT2D eigenvalue weighted by molar-refractivity contribution is -0.140. The molecule has 2 atom stereocenters. The fourth-order valence-electron chi connectivity index (χ4n) is 4.91. The third kappa shape index (κ3) is 4.94. The molecule has 2 aliphatic heterocycles. The molecule has 0 spiro atoms. The van der Waals surface area contributed by atoms with Crippen LogP contribution in [0, 0.1) is 0 Å². The molecule has 5 rings (SSSR count). The Morgan fingerprint density at radius 2 is 2.03 bits per heavy atom. The number of likely N-dealkylation sites (tertiary alicyclic amines) is 1. The van der Waals surface area contributed by atoms with Gasteiger partial charge in [-0.2, -0.15) is 0 Å². The summed E-state index contributed by atoms with van der Waals surface area (Å²) in [7, 11) is 0. The van der Waals surface area contributed by atoms with E-state index in [1.54, 1.807) is 30.6 Å². The van der Waals surface area contributed by atoms with Gasteiger partial charge < -0.3 is 19.5 Å². The maximum atomic E-state index is 13.4. The summed E-state index contributed by atoms with van der Waals surface area (Å²) >= 11 is 0. The number of aliphatic hydroxyl groups is 1. The van der Waals surface area contributed by atoms with E-state index in [1.165, 1.54) is 4.90 Å². The molecule has 0 bridgehead atoms. The van der Waals surface area contributed by atoms with Gasteiger partial charge in [-0.25, -0.2) is 0 Å². The SMILES string of the molecule is CCCCOc1cccc(C2/C(=C(/O)c3ccc4c(c3)CC(C)O4)C(=O)C(=O)N2Cc2cccnc2)c1. The number of pyridine rings is 1. The van der Waals surface area contributed by atoms with E-state index in [2.05, 4.69) is 11.9 Å². The van der Waals surface area contributed by atoms with Crippen LogP contribution in [0.15, 0.2) is 72.6 Å². The van der Waals surface area contributed by atoms with Gasteiger partial charge in [0.1, 0.15) is 23.4 Å². The highest BCUT2D eigenvalue weighted by Gasteiger charge is 2.46. The minimum atomic E-state index is -0.779. The van der Waals surface area contributed by atoms with Crippen molar-refractivity contribution in [3.05, 3.63) is 94.8 Å². The Morgan fingerprint density at radius 3 is 2.81 bits per heavy atom. The van der Waals surface area contributed by atoms with Crippen LogP contribution < -0.4 is 9.47 Å². The van der Waals surface area contributed by atoms with Crippen LogP contribution in [0.4, 0.5) is 0 Å². The zero-order valence-electron chi connectivity index (χ0n) is 21.0. The zero-order valence-corrected chi connectivity index (χ0v) is 21.0. The number of carbonyl (C=O) groups excluding carboxylic acids is 2. The van der Waals surface area contributed by atoms with Crippen LogP contribution in [-0.2, 0) is 22.6 Å². The van der Waals surface area contributed by atoms with E-state index in [-0.39, 0.29) is 24.0 Å². The van der Waals surface area contributed by atoms with Crippen LogP contribution in [0.2, 0.25) is 0 Å². The molecule has 1 aromatic heterocycles. The third-order valence-electron chi connectivity index (χ3n) is 6.73. The molecular weight excluding hydrogens is 468 g/mol. The number of benzene rings is 2. The summed E-state index contributed by atoms with van der Waals surface area (Å²) in [6, 6.07) is 15.6. The average molecular weight is 499 g/mol. The van der Waals surface area contributed by atoms with Gasteiger partial charge in [0.15, 0.2) is 0 Å². The van der Waals surface area contributed by atoms with Crippen molar-refractivity contribution in [2.75, 3.05) is 6.61 Å². The van der Waals surface area contributed by atoms with Gasteiger partial charge in [-0.1, -0.05) is 31.5 Å². The molecule has 1 fully saturated rings. The van der Waals surface area contributed by atoms with Gasteiger partial charge in [0, 0.05) is 30.9 Å². The molecule has 2 aliphatic rings. The lowest BCUT2D eigenvalue weighted by atomic mass is 9.94. The van der Waals surface area contributed by atoms with E-state index in [9.17, 15) is 14.7 Å². The van der Waals surface area contributed by atoms with E-state index in [0.717, 1.165) is 29.7 Å². The first-order chi connectivity index (χ1) is 18.0. The number of fused-ring (bicyclic) bond motifs is 1. The zero-order chi connectivity index (χ0) is 25.9. The number of hydrogen-bond acceptors (Lipinski definition) is 6. The van der Waals surface area contributed by atoms with Gasteiger partial charge in [0.25, 0.3) is 11.7 Å². The molecule has 2 unspecified atom stereocenters. The summed E-state index contributed by atoms with van der Waals surface area (Å²) in [5.41, 5.74) is 2.98. The quantitative estimate of drug-likeness (QED) is 0.199. The Hall–Kier alpha value is -4.13. The molecule has 1 N–H and O–H groups in total. The van der Waals surface area contributed by atoms with Crippen molar-refractivity contribution in [1.82, 2.24) is 9.88 Å². The topological polar surface area (TPSA) is 89.0 Å². The number of rotatable bonds is 8. The molecule has 2 aromatic carbocycles. The van der Waals surface area contributed by atoms with Crippen LogP contribution in [0.3, 0.4) is 0 Å². The smallest absolute Gasteiger partial charge is 0.295 e. The van der Waals surface area contributed by atoms with Gasteiger partial charge in [-0.3, -0.25) is 14.6 Å². The summed E-state index contributed by atoms with van der Waals surface area (Å²) in [6.45, 7) is 4.83. The second-order valence-electron chi connectivity index (χ2n) is 9.52. The predicted molar refractivity (Wildman–Crippen MR) is 139 cm³/mol. The Kier molecular flexibility index (Phi) is 6.95. The molecule has 7 heteroatoms. The molecule has 1 amide bonds. The number of nitrogens with zero attached hydrogens (tertiary/aromatic N) is 2. The Morgan fingerprint density at radius 1 is 1.16 bits per heavy atom. The number of carbonyl (C=O) groups is 2. The van der Waals surface area contributed by atoms with Crippen LogP contribution in [0.1, 0.15) is 55.0 Å². The second kappa shape index (κ2) is 10.5. The van der Waals surface area contributed by atoms with Crippen LogP contribution in [0.5, 0.6) is 11.5 Å². The van der Waals surface area contributed by atoms with Crippen molar-refractivity contribution in [3.63, 3.8) is 0 Å². The van der Waals surface area contributed by atoms with Gasteiger partial charge in [-0.05, 0) is 66.4 Å². The van der Waals surface area contributed by atoms with E-state index in [4.69, 9.17) is 9.47 Å². The standard InChI is InChI=1S/C30H30N2O5/c1-3-4-13-36-24-9-5-8-21(16-24)27-26(28(33)22-10-11-25-23(15-22)14-19(2)37-25)29(34)30(35)32(27)18-20-7-6-12-31-17-20/h5-12,15-17,19,27,33H,3-4,13-14,18H2,1-2H3/b28-26-. The summed E-state index contributed by atoms with van der Waals surface area (Å²) in [6.07, 6.45) is 6.02. The molecule has 0 radical (unpaired) electrons. The summed E-state index contributed by atoms with van der Waals surface area (Å²) in [5.74, 6) is -0.146. The first-order valence-electron chi connectivity index (χ1n) is 12.7. The van der Waals surface area contributed by atoms with Crippen molar-refractivity contribution in [2.45, 2.75) is 51.8 Å². The van der Waals surface area contributed by atoms with Gasteiger partial charge >= 0.3 is 0 Å². The van der Waals surface area contributed by atoms with E-state index in [1.807, 2.05) is 43.3 Å². The number of unbranched alkanes of at least 4 members (excludes halogenated alkanes) is 1. The first-order valence-corrected chi connectivity index (χ1v) is 12.7. The van der Waals surface area contributed by atoms with E-state index >= 15 is 0 Å². The average Bonchev–Trinajstić information content (AvgIpc) is 3.40. The Bertz CT molecular complexity index is 1350. The van der Waals surface area contributed by atoms with Crippen molar-refractivity contribution >= 4 is 17.4 Å². The number of ketones is 1. The summed E-state index contributed by atoms with van der Waals surface area (Å²) in [4.78, 5) is 32.4. The number of aromatic nitrogens is 1. The molecular formula is C30H30N2O5. The highest BCUT2D eigenvalue weighted by molar-refractivity contribution is 6.46. The van der Waals surface area contributed by atoms with Crippen molar-refractivity contribution < 1.29 is 24.2 Å². The summed E-state index contributed by atoms with van der Waals surface area (Å²) < 4.78 is 11.7. The molecule has 0 saturated carbocycles.